The van der Waals surface area contributed by atoms with Gasteiger partial charge in [-0.25, -0.2) is 0 Å². The quantitative estimate of drug-likeness (QED) is 0.505. The SMILES string of the molecule is B.OCC12CCN(CC1)CC2. The first-order valence-electron chi connectivity index (χ1n) is 4.18. The molecule has 1 N–H and O–H groups in total. The summed E-state index contributed by atoms with van der Waals surface area (Å²) in [5, 5.41) is 9.15. The van der Waals surface area contributed by atoms with Gasteiger partial charge in [-0.2, -0.15) is 0 Å². The van der Waals surface area contributed by atoms with Crippen LogP contribution in [-0.4, -0.2) is 44.7 Å². The summed E-state index contributed by atoms with van der Waals surface area (Å²) < 4.78 is 0. The molecule has 0 aliphatic carbocycles. The highest BCUT2D eigenvalue weighted by Crippen LogP contribution is 2.39. The molecule has 2 bridgehead atoms. The molecular weight excluding hydrogens is 137 g/mol. The Morgan fingerprint density at radius 1 is 1.09 bits per heavy atom. The third-order valence-electron chi connectivity index (χ3n) is 3.21. The Balaban J connectivity index is 0.000000605. The Bertz CT molecular complexity index is 118. The van der Waals surface area contributed by atoms with Crippen LogP contribution in [0.1, 0.15) is 19.3 Å². The summed E-state index contributed by atoms with van der Waals surface area (Å²) in [6.45, 7) is 4.09. The van der Waals surface area contributed by atoms with Gasteiger partial charge in [0.05, 0.1) is 8.41 Å². The van der Waals surface area contributed by atoms with E-state index in [4.69, 9.17) is 5.11 Å². The smallest absolute Gasteiger partial charge is 0.0814 e. The fourth-order valence-electron chi connectivity index (χ4n) is 2.13. The van der Waals surface area contributed by atoms with E-state index in [2.05, 4.69) is 4.90 Å². The van der Waals surface area contributed by atoms with Gasteiger partial charge in [0.25, 0.3) is 0 Å². The number of hydrogen-bond donors (Lipinski definition) is 1. The van der Waals surface area contributed by atoms with Gasteiger partial charge in [-0.1, -0.05) is 0 Å². The fourth-order valence-corrected chi connectivity index (χ4v) is 2.13. The van der Waals surface area contributed by atoms with E-state index >= 15 is 0 Å². The lowest BCUT2D eigenvalue weighted by Gasteiger charge is -2.47. The molecule has 3 rings (SSSR count). The van der Waals surface area contributed by atoms with E-state index < -0.39 is 0 Å². The highest BCUT2D eigenvalue weighted by Gasteiger charge is 2.38. The molecule has 0 saturated carbocycles. The molecule has 3 aliphatic heterocycles. The Morgan fingerprint density at radius 3 is 1.82 bits per heavy atom. The van der Waals surface area contributed by atoms with Gasteiger partial charge in [-0.05, 0) is 44.3 Å². The predicted molar refractivity (Wildman–Crippen MR) is 49.7 cm³/mol. The van der Waals surface area contributed by atoms with Crippen molar-refractivity contribution in [2.45, 2.75) is 19.3 Å². The normalized spacial score (nSPS) is 41.7. The molecule has 0 atom stereocenters. The van der Waals surface area contributed by atoms with E-state index in [1.807, 2.05) is 0 Å². The zero-order chi connectivity index (χ0) is 7.03. The van der Waals surface area contributed by atoms with Crippen molar-refractivity contribution in [1.29, 1.82) is 0 Å². The van der Waals surface area contributed by atoms with Crippen LogP contribution in [0.25, 0.3) is 0 Å². The maximum absolute atomic E-state index is 9.15. The van der Waals surface area contributed by atoms with Crippen LogP contribution in [0, 0.1) is 5.41 Å². The number of aliphatic hydroxyl groups excluding tert-OH is 1. The molecule has 3 heterocycles. The number of hydrogen-bond acceptors (Lipinski definition) is 2. The van der Waals surface area contributed by atoms with Gasteiger partial charge in [0.15, 0.2) is 0 Å². The highest BCUT2D eigenvalue weighted by molar-refractivity contribution is 5.75. The average Bonchev–Trinajstić information content (AvgIpc) is 2.08. The van der Waals surface area contributed by atoms with Crippen LogP contribution in [0.5, 0.6) is 0 Å². The molecule has 0 unspecified atom stereocenters. The second kappa shape index (κ2) is 3.15. The summed E-state index contributed by atoms with van der Waals surface area (Å²) in [7, 11) is 0. The second-order valence-electron chi connectivity index (χ2n) is 3.75. The Hall–Kier alpha value is -0.0151. The molecular formula is C8H18BNO. The van der Waals surface area contributed by atoms with Crippen molar-refractivity contribution in [1.82, 2.24) is 4.90 Å². The minimum Gasteiger partial charge on any atom is -0.396 e. The van der Waals surface area contributed by atoms with Gasteiger partial charge in [0.1, 0.15) is 0 Å². The number of piperidine rings is 3. The van der Waals surface area contributed by atoms with Gasteiger partial charge < -0.3 is 10.0 Å². The van der Waals surface area contributed by atoms with Crippen molar-refractivity contribution >= 4 is 8.41 Å². The van der Waals surface area contributed by atoms with Gasteiger partial charge in [0, 0.05) is 6.61 Å². The van der Waals surface area contributed by atoms with E-state index in [0.29, 0.717) is 12.0 Å². The van der Waals surface area contributed by atoms with Crippen LogP contribution >= 0.6 is 0 Å². The highest BCUT2D eigenvalue weighted by atomic mass is 16.3. The molecule has 2 nitrogen and oxygen atoms in total. The van der Waals surface area contributed by atoms with E-state index in [1.165, 1.54) is 38.9 Å². The topological polar surface area (TPSA) is 23.5 Å². The van der Waals surface area contributed by atoms with Crippen LogP contribution in [0.4, 0.5) is 0 Å². The number of fused-ring (bicyclic) bond motifs is 3. The van der Waals surface area contributed by atoms with Crippen LogP contribution in [0.2, 0.25) is 0 Å². The predicted octanol–water partition coefficient (Wildman–Crippen LogP) is -0.719. The zero-order valence-corrected chi connectivity index (χ0v) is 6.34. The third kappa shape index (κ3) is 1.45. The first-order chi connectivity index (χ1) is 4.85. The van der Waals surface area contributed by atoms with Gasteiger partial charge in [0.2, 0.25) is 0 Å². The maximum atomic E-state index is 9.15. The van der Waals surface area contributed by atoms with Crippen molar-refractivity contribution < 1.29 is 5.11 Å². The van der Waals surface area contributed by atoms with E-state index in [1.54, 1.807) is 0 Å². The summed E-state index contributed by atoms with van der Waals surface area (Å²) in [6.07, 6.45) is 3.68. The van der Waals surface area contributed by atoms with E-state index in [0.717, 1.165) is 0 Å². The molecule has 0 aromatic carbocycles. The lowest BCUT2D eigenvalue weighted by molar-refractivity contribution is -0.0152. The van der Waals surface area contributed by atoms with Crippen LogP contribution in [-0.2, 0) is 0 Å². The van der Waals surface area contributed by atoms with Crippen LogP contribution in [0.15, 0.2) is 0 Å². The van der Waals surface area contributed by atoms with Crippen LogP contribution < -0.4 is 0 Å². The molecule has 0 aromatic heterocycles. The summed E-state index contributed by atoms with van der Waals surface area (Å²) in [4.78, 5) is 2.50. The van der Waals surface area contributed by atoms with Crippen molar-refractivity contribution in [3.8, 4) is 0 Å². The van der Waals surface area contributed by atoms with Gasteiger partial charge in [-0.15, -0.1) is 0 Å². The molecule has 11 heavy (non-hydrogen) atoms. The second-order valence-corrected chi connectivity index (χ2v) is 3.75. The molecule has 0 aromatic rings. The lowest BCUT2D eigenvalue weighted by atomic mass is 9.73. The molecule has 3 fully saturated rings. The third-order valence-corrected chi connectivity index (χ3v) is 3.21. The number of rotatable bonds is 1. The molecule has 64 valence electrons. The minimum absolute atomic E-state index is 0. The van der Waals surface area contributed by atoms with Crippen molar-refractivity contribution in [2.24, 2.45) is 5.41 Å². The first kappa shape index (κ1) is 9.08. The number of nitrogens with zero attached hydrogens (tertiary/aromatic N) is 1. The summed E-state index contributed by atoms with van der Waals surface area (Å²) >= 11 is 0. The first-order valence-corrected chi connectivity index (χ1v) is 4.18. The number of aliphatic hydroxyl groups is 1. The van der Waals surface area contributed by atoms with Crippen LogP contribution in [0.3, 0.4) is 0 Å². The monoisotopic (exact) mass is 155 g/mol. The molecule has 3 aliphatic rings. The standard InChI is InChI=1S/C8H15NO.BH3/c10-7-8-1-4-9(5-2-8)6-3-8;/h10H,1-7H2;1H3. The summed E-state index contributed by atoms with van der Waals surface area (Å²) in [5.41, 5.74) is 0.342. The van der Waals surface area contributed by atoms with Gasteiger partial charge in [-0.3, -0.25) is 0 Å². The van der Waals surface area contributed by atoms with E-state index in [9.17, 15) is 0 Å². The molecule has 0 radical (unpaired) electrons. The average molecular weight is 155 g/mol. The largest absolute Gasteiger partial charge is 0.396 e. The van der Waals surface area contributed by atoms with Crippen molar-refractivity contribution in [2.75, 3.05) is 26.2 Å². The summed E-state index contributed by atoms with van der Waals surface area (Å²) in [6, 6.07) is 0. The van der Waals surface area contributed by atoms with E-state index in [-0.39, 0.29) is 8.41 Å². The Morgan fingerprint density at radius 2 is 1.55 bits per heavy atom. The fraction of sp³-hybridized carbons (Fsp3) is 1.00. The molecule has 0 spiro atoms. The van der Waals surface area contributed by atoms with Crippen molar-refractivity contribution in [3.05, 3.63) is 0 Å². The lowest BCUT2D eigenvalue weighted by Crippen LogP contribution is -2.49. The Kier molecular flexibility index (Phi) is 2.60. The molecule has 3 heteroatoms. The molecule has 3 saturated heterocycles. The van der Waals surface area contributed by atoms with Gasteiger partial charge >= 0.3 is 0 Å². The minimum atomic E-state index is 0. The summed E-state index contributed by atoms with van der Waals surface area (Å²) in [5.74, 6) is 0. The zero-order valence-electron chi connectivity index (χ0n) is 6.34. The van der Waals surface area contributed by atoms with Crippen molar-refractivity contribution in [3.63, 3.8) is 0 Å². The Labute approximate surface area is 70.2 Å². The maximum Gasteiger partial charge on any atom is 0.0814 e. The molecule has 0 amide bonds.